The van der Waals surface area contributed by atoms with Gasteiger partial charge in [-0.25, -0.2) is 4.98 Å². The van der Waals surface area contributed by atoms with Crippen molar-refractivity contribution in [1.82, 2.24) is 14.9 Å². The molecule has 4 aromatic rings. The first kappa shape index (κ1) is 22.9. The Morgan fingerprint density at radius 3 is 2.66 bits per heavy atom. The van der Waals surface area contributed by atoms with E-state index in [-0.39, 0.29) is 17.2 Å². The fraction of sp³-hybridized carbons (Fsp3) is 0.174. The summed E-state index contributed by atoms with van der Waals surface area (Å²) in [4.78, 5) is 30.1. The Balaban J connectivity index is 1.45. The second-order valence-corrected chi connectivity index (χ2v) is 9.73. The van der Waals surface area contributed by atoms with Crippen molar-refractivity contribution >= 4 is 62.4 Å². The van der Waals surface area contributed by atoms with Crippen molar-refractivity contribution < 1.29 is 4.79 Å². The number of hydrogen-bond acceptors (Lipinski definition) is 5. The summed E-state index contributed by atoms with van der Waals surface area (Å²) in [6, 6.07) is 16.8. The molecule has 5 nitrogen and oxygen atoms in total. The number of rotatable bonds is 8. The van der Waals surface area contributed by atoms with E-state index in [1.807, 2.05) is 53.9 Å². The fourth-order valence-electron chi connectivity index (χ4n) is 3.15. The van der Waals surface area contributed by atoms with Crippen molar-refractivity contribution in [3.8, 4) is 0 Å². The van der Waals surface area contributed by atoms with Crippen LogP contribution in [0.25, 0.3) is 10.2 Å². The lowest BCUT2D eigenvalue weighted by Gasteiger charge is -2.13. The van der Waals surface area contributed by atoms with Crippen molar-refractivity contribution in [1.29, 1.82) is 0 Å². The fourth-order valence-corrected chi connectivity index (χ4v) is 5.08. The number of fused-ring (bicyclic) bond motifs is 1. The van der Waals surface area contributed by atoms with Crippen LogP contribution in [0.3, 0.4) is 0 Å². The number of nitrogens with one attached hydrogen (secondary N) is 1. The monoisotopic (exact) mass is 503 g/mol. The summed E-state index contributed by atoms with van der Waals surface area (Å²) in [5.74, 6) is 0.0403. The molecule has 1 amide bonds. The molecule has 1 N–H and O–H groups in total. The molecule has 2 heterocycles. The highest BCUT2D eigenvalue weighted by Crippen LogP contribution is 2.23. The second kappa shape index (κ2) is 10.5. The van der Waals surface area contributed by atoms with Gasteiger partial charge in [0, 0.05) is 16.6 Å². The van der Waals surface area contributed by atoms with Crippen molar-refractivity contribution in [2.75, 3.05) is 12.3 Å². The number of thiophene rings is 1. The number of amides is 1. The van der Waals surface area contributed by atoms with Crippen LogP contribution in [-0.2, 0) is 17.8 Å². The largest absolute Gasteiger partial charge is 0.355 e. The number of aromatic nitrogens is 2. The summed E-state index contributed by atoms with van der Waals surface area (Å²) in [5.41, 5.74) is 2.43. The molecule has 0 aliphatic carbocycles. The third kappa shape index (κ3) is 5.53. The van der Waals surface area contributed by atoms with Gasteiger partial charge < -0.3 is 5.32 Å². The number of halogens is 2. The minimum absolute atomic E-state index is 0.118. The second-order valence-electron chi connectivity index (χ2n) is 7.03. The van der Waals surface area contributed by atoms with Gasteiger partial charge in [-0.05, 0) is 47.2 Å². The molecular formula is C23H19Cl2N3O2S2. The van der Waals surface area contributed by atoms with Crippen molar-refractivity contribution in [3.63, 3.8) is 0 Å². The number of hydrogen-bond donors (Lipinski definition) is 1. The first-order chi connectivity index (χ1) is 15.5. The summed E-state index contributed by atoms with van der Waals surface area (Å²) in [6.07, 6.45) is 0.712. The molecule has 9 heteroatoms. The Hall–Kier alpha value is -2.32. The summed E-state index contributed by atoms with van der Waals surface area (Å²) in [7, 11) is 0. The number of carbonyl (C=O) groups excluding carboxylic acids is 1. The molecule has 2 aromatic carbocycles. The maximum Gasteiger partial charge on any atom is 0.272 e. The average molecular weight is 504 g/mol. The smallest absolute Gasteiger partial charge is 0.272 e. The van der Waals surface area contributed by atoms with Crippen LogP contribution in [0, 0.1) is 0 Å². The number of benzene rings is 2. The zero-order valence-corrected chi connectivity index (χ0v) is 20.0. The highest BCUT2D eigenvalue weighted by Gasteiger charge is 2.15. The van der Waals surface area contributed by atoms with Gasteiger partial charge >= 0.3 is 0 Å². The molecule has 0 saturated carbocycles. The predicted molar refractivity (Wildman–Crippen MR) is 133 cm³/mol. The maximum atomic E-state index is 13.1. The van der Waals surface area contributed by atoms with Gasteiger partial charge in [0.15, 0.2) is 5.16 Å². The van der Waals surface area contributed by atoms with Crippen LogP contribution in [0.15, 0.2) is 69.9 Å². The van der Waals surface area contributed by atoms with Gasteiger partial charge in [-0.2, -0.15) is 0 Å². The molecule has 32 heavy (non-hydrogen) atoms. The van der Waals surface area contributed by atoms with E-state index in [2.05, 4.69) is 10.3 Å². The SMILES string of the molecule is O=C(CSc1nc2ccsc2c(=O)n1Cc1ccccc1Cl)NCCc1ccc(Cl)cc1. The lowest BCUT2D eigenvalue weighted by Crippen LogP contribution is -2.28. The van der Waals surface area contributed by atoms with Crippen LogP contribution in [0.1, 0.15) is 11.1 Å². The van der Waals surface area contributed by atoms with Gasteiger partial charge in [0.25, 0.3) is 5.56 Å². The lowest BCUT2D eigenvalue weighted by atomic mass is 10.1. The van der Waals surface area contributed by atoms with Crippen LogP contribution < -0.4 is 10.9 Å². The molecule has 0 unspecified atom stereocenters. The maximum absolute atomic E-state index is 13.1. The van der Waals surface area contributed by atoms with Crippen LogP contribution in [0.2, 0.25) is 10.0 Å². The molecule has 0 aliphatic heterocycles. The highest BCUT2D eigenvalue weighted by atomic mass is 35.5. The summed E-state index contributed by atoms with van der Waals surface area (Å²) in [5, 5.41) is 6.52. The normalized spacial score (nSPS) is 11.1. The highest BCUT2D eigenvalue weighted by molar-refractivity contribution is 7.99. The molecule has 2 aromatic heterocycles. The number of carbonyl (C=O) groups is 1. The van der Waals surface area contributed by atoms with E-state index in [9.17, 15) is 9.59 Å². The molecular weight excluding hydrogens is 485 g/mol. The third-order valence-electron chi connectivity index (χ3n) is 4.80. The Morgan fingerprint density at radius 1 is 1.09 bits per heavy atom. The van der Waals surface area contributed by atoms with Gasteiger partial charge in [0.1, 0.15) is 4.70 Å². The molecule has 0 atom stereocenters. The summed E-state index contributed by atoms with van der Waals surface area (Å²) >= 11 is 14.8. The first-order valence-corrected chi connectivity index (χ1v) is 12.5. The Labute approximate surface area is 203 Å². The average Bonchev–Trinajstić information content (AvgIpc) is 3.26. The van der Waals surface area contributed by atoms with E-state index in [1.165, 1.54) is 23.1 Å². The minimum Gasteiger partial charge on any atom is -0.355 e. The van der Waals surface area contributed by atoms with Crippen LogP contribution in [0.5, 0.6) is 0 Å². The van der Waals surface area contributed by atoms with E-state index in [0.717, 1.165) is 11.1 Å². The van der Waals surface area contributed by atoms with Gasteiger partial charge in [-0.15, -0.1) is 11.3 Å². The number of nitrogens with zero attached hydrogens (tertiary/aromatic N) is 2. The predicted octanol–water partition coefficient (Wildman–Crippen LogP) is 5.26. The van der Waals surface area contributed by atoms with E-state index in [4.69, 9.17) is 23.2 Å². The zero-order valence-electron chi connectivity index (χ0n) is 16.9. The molecule has 0 spiro atoms. The first-order valence-electron chi connectivity index (χ1n) is 9.86. The van der Waals surface area contributed by atoms with Gasteiger partial charge in [-0.1, -0.05) is 65.3 Å². The topological polar surface area (TPSA) is 64.0 Å². The van der Waals surface area contributed by atoms with Gasteiger partial charge in [0.2, 0.25) is 5.91 Å². The Kier molecular flexibility index (Phi) is 7.52. The number of thioether (sulfide) groups is 1. The summed E-state index contributed by atoms with van der Waals surface area (Å²) in [6.45, 7) is 0.810. The van der Waals surface area contributed by atoms with Crippen LogP contribution in [-0.4, -0.2) is 27.8 Å². The molecule has 0 saturated heterocycles. The Bertz CT molecular complexity index is 1300. The molecule has 164 valence electrons. The van der Waals surface area contributed by atoms with Crippen molar-refractivity contribution in [3.05, 3.63) is 91.5 Å². The standard InChI is InChI=1S/C23H19Cl2N3O2S2/c24-17-7-5-15(6-8-17)9-11-26-20(29)14-32-23-27-19-10-12-31-21(19)22(30)28(23)13-16-3-1-2-4-18(16)25/h1-8,10,12H,9,11,13-14H2,(H,26,29). The van der Waals surface area contributed by atoms with E-state index >= 15 is 0 Å². The van der Waals surface area contributed by atoms with Crippen LogP contribution >= 0.6 is 46.3 Å². The minimum atomic E-state index is -0.129. The quantitative estimate of drug-likeness (QED) is 0.263. The molecule has 0 aliphatic rings. The van der Waals surface area contributed by atoms with E-state index in [1.54, 1.807) is 10.6 Å². The van der Waals surface area contributed by atoms with Crippen molar-refractivity contribution in [2.24, 2.45) is 0 Å². The molecule has 0 bridgehead atoms. The van der Waals surface area contributed by atoms with Crippen molar-refractivity contribution in [2.45, 2.75) is 18.1 Å². The Morgan fingerprint density at radius 2 is 1.88 bits per heavy atom. The molecule has 0 fully saturated rings. The lowest BCUT2D eigenvalue weighted by molar-refractivity contribution is -0.118. The molecule has 4 rings (SSSR count). The van der Waals surface area contributed by atoms with Gasteiger partial charge in [-0.3, -0.25) is 14.2 Å². The van der Waals surface area contributed by atoms with Gasteiger partial charge in [0.05, 0.1) is 17.8 Å². The van der Waals surface area contributed by atoms with E-state index < -0.39 is 0 Å². The molecule has 0 radical (unpaired) electrons. The zero-order chi connectivity index (χ0) is 22.5. The summed E-state index contributed by atoms with van der Waals surface area (Å²) < 4.78 is 2.18. The van der Waals surface area contributed by atoms with Crippen LogP contribution in [0.4, 0.5) is 0 Å². The third-order valence-corrected chi connectivity index (χ3v) is 7.29. The van der Waals surface area contributed by atoms with E-state index in [0.29, 0.717) is 44.9 Å².